The number of halogens is 3. The molecule has 0 bridgehead atoms. The van der Waals surface area contributed by atoms with Crippen LogP contribution in [0.25, 0.3) is 0 Å². The maximum atomic E-state index is 13.0. The molecule has 1 unspecified atom stereocenters. The van der Waals surface area contributed by atoms with Crippen LogP contribution in [0, 0.1) is 5.41 Å². The van der Waals surface area contributed by atoms with Gasteiger partial charge in [0.25, 0.3) is 3.79 Å². The third-order valence-electron chi connectivity index (χ3n) is 6.00. The molecule has 3 aromatic carbocycles. The van der Waals surface area contributed by atoms with Crippen molar-refractivity contribution in [2.24, 2.45) is 0 Å². The van der Waals surface area contributed by atoms with E-state index in [1.807, 2.05) is 0 Å². The third-order valence-corrected chi connectivity index (χ3v) is 6.52. The molecular formula is C29H24Cl3NO9. The molecule has 1 aliphatic rings. The predicted molar refractivity (Wildman–Crippen MR) is 152 cm³/mol. The first-order valence-electron chi connectivity index (χ1n) is 12.4. The van der Waals surface area contributed by atoms with Crippen LogP contribution in [-0.2, 0) is 23.7 Å². The lowest BCUT2D eigenvalue weighted by atomic mass is 9.98. The second-order valence-corrected chi connectivity index (χ2v) is 11.2. The van der Waals surface area contributed by atoms with Gasteiger partial charge in [0.2, 0.25) is 12.2 Å². The Morgan fingerprint density at radius 1 is 0.714 bits per heavy atom. The fraction of sp³-hybridized carbons (Fsp3) is 0.241. The summed E-state index contributed by atoms with van der Waals surface area (Å²) in [5, 5.41) is 19.4. The monoisotopic (exact) mass is 635 g/mol. The summed E-state index contributed by atoms with van der Waals surface area (Å²) < 4.78 is 25.4. The predicted octanol–water partition coefficient (Wildman–Crippen LogP) is 4.74. The SMILES string of the molecule is N=C(OC1O[C@H](COC(=O)c2ccccc2)[C@@H](OC(=O)c2ccccc2)[C@H](O)[C@@H]1OC(=O)c1ccccc1)C(Cl)(Cl)Cl. The van der Waals surface area contributed by atoms with E-state index in [-0.39, 0.29) is 16.7 Å². The van der Waals surface area contributed by atoms with Gasteiger partial charge in [-0.2, -0.15) is 0 Å². The average molecular weight is 637 g/mol. The van der Waals surface area contributed by atoms with Crippen molar-refractivity contribution in [3.63, 3.8) is 0 Å². The van der Waals surface area contributed by atoms with E-state index in [2.05, 4.69) is 0 Å². The van der Waals surface area contributed by atoms with Gasteiger partial charge in [0.15, 0.2) is 12.2 Å². The third kappa shape index (κ3) is 7.99. The molecule has 0 spiro atoms. The number of ether oxygens (including phenoxy) is 5. The van der Waals surface area contributed by atoms with Gasteiger partial charge >= 0.3 is 17.9 Å². The van der Waals surface area contributed by atoms with Gasteiger partial charge in [-0.1, -0.05) is 89.4 Å². The molecule has 3 aromatic rings. The van der Waals surface area contributed by atoms with Crippen LogP contribution < -0.4 is 0 Å². The quantitative estimate of drug-likeness (QED) is 0.118. The molecule has 0 aliphatic carbocycles. The number of carbonyl (C=O) groups is 3. The van der Waals surface area contributed by atoms with Crippen LogP contribution in [0.3, 0.4) is 0 Å². The van der Waals surface area contributed by atoms with Crippen molar-refractivity contribution >= 4 is 58.6 Å². The van der Waals surface area contributed by atoms with Crippen molar-refractivity contribution in [2.45, 2.75) is 34.5 Å². The van der Waals surface area contributed by atoms with Crippen molar-refractivity contribution in [3.05, 3.63) is 108 Å². The number of hydrogen-bond donors (Lipinski definition) is 2. The lowest BCUT2D eigenvalue weighted by Crippen LogP contribution is -2.62. The van der Waals surface area contributed by atoms with Gasteiger partial charge < -0.3 is 28.8 Å². The Morgan fingerprint density at radius 2 is 1.14 bits per heavy atom. The van der Waals surface area contributed by atoms with E-state index in [4.69, 9.17) is 63.9 Å². The number of esters is 3. The van der Waals surface area contributed by atoms with E-state index >= 15 is 0 Å². The summed E-state index contributed by atoms with van der Waals surface area (Å²) in [6.07, 6.45) is -8.17. The maximum absolute atomic E-state index is 13.0. The van der Waals surface area contributed by atoms with Crippen LogP contribution in [-0.4, -0.2) is 70.0 Å². The zero-order chi connectivity index (χ0) is 30.3. The topological polar surface area (TPSA) is 141 Å². The van der Waals surface area contributed by atoms with Gasteiger partial charge in [0.1, 0.15) is 18.8 Å². The van der Waals surface area contributed by atoms with Crippen LogP contribution in [0.4, 0.5) is 0 Å². The molecule has 1 fully saturated rings. The Balaban J connectivity index is 1.64. The van der Waals surface area contributed by atoms with Crippen molar-refractivity contribution in [3.8, 4) is 0 Å². The second kappa shape index (κ2) is 14.0. The van der Waals surface area contributed by atoms with Crippen molar-refractivity contribution in [1.29, 1.82) is 5.41 Å². The smallest absolute Gasteiger partial charge is 0.338 e. The number of benzene rings is 3. The molecule has 4 rings (SSSR count). The largest absolute Gasteiger partial charge is 0.459 e. The summed E-state index contributed by atoms with van der Waals surface area (Å²) in [5.41, 5.74) is 0.503. The Labute approximate surface area is 255 Å². The summed E-state index contributed by atoms with van der Waals surface area (Å²) in [6, 6.07) is 23.8. The first-order valence-corrected chi connectivity index (χ1v) is 13.6. The Kier molecular flexibility index (Phi) is 10.4. The molecule has 5 atom stereocenters. The molecule has 0 radical (unpaired) electrons. The summed E-state index contributed by atoms with van der Waals surface area (Å²) in [4.78, 5) is 38.6. The maximum Gasteiger partial charge on any atom is 0.338 e. The Bertz CT molecular complexity index is 1390. The summed E-state index contributed by atoms with van der Waals surface area (Å²) >= 11 is 17.3. The molecule has 0 amide bonds. The number of nitrogens with one attached hydrogen (secondary N) is 1. The number of rotatable bonds is 8. The van der Waals surface area contributed by atoms with Gasteiger partial charge in [0.05, 0.1) is 16.7 Å². The van der Waals surface area contributed by atoms with Crippen LogP contribution in [0.5, 0.6) is 0 Å². The normalized spacial score (nSPS) is 22.0. The highest BCUT2D eigenvalue weighted by atomic mass is 35.6. The molecule has 0 aromatic heterocycles. The lowest BCUT2D eigenvalue weighted by Gasteiger charge is -2.43. The molecule has 13 heteroatoms. The van der Waals surface area contributed by atoms with Crippen molar-refractivity contribution in [1.82, 2.24) is 0 Å². The number of alkyl halides is 3. The summed E-state index contributed by atoms with van der Waals surface area (Å²) in [5.74, 6) is -3.38. The van der Waals surface area contributed by atoms with E-state index in [0.29, 0.717) is 0 Å². The fourth-order valence-corrected chi connectivity index (χ4v) is 4.06. The average Bonchev–Trinajstić information content (AvgIpc) is 2.99. The Morgan fingerprint density at radius 3 is 1.60 bits per heavy atom. The van der Waals surface area contributed by atoms with E-state index in [9.17, 15) is 19.5 Å². The van der Waals surface area contributed by atoms with E-state index in [1.54, 1.807) is 54.6 Å². The molecule has 42 heavy (non-hydrogen) atoms. The van der Waals surface area contributed by atoms with Crippen LogP contribution >= 0.6 is 34.8 Å². The summed E-state index contributed by atoms with van der Waals surface area (Å²) in [6.45, 7) is -0.544. The lowest BCUT2D eigenvalue weighted by molar-refractivity contribution is -0.280. The van der Waals surface area contributed by atoms with E-state index in [1.165, 1.54) is 36.4 Å². The molecule has 10 nitrogen and oxygen atoms in total. The van der Waals surface area contributed by atoms with Crippen molar-refractivity contribution in [2.75, 3.05) is 6.61 Å². The Hall–Kier alpha value is -3.67. The van der Waals surface area contributed by atoms with Gasteiger partial charge in [-0.15, -0.1) is 0 Å². The van der Waals surface area contributed by atoms with Gasteiger partial charge in [-0.25, -0.2) is 14.4 Å². The van der Waals surface area contributed by atoms with E-state index in [0.717, 1.165) is 0 Å². The first kappa shape index (κ1) is 31.3. The molecule has 220 valence electrons. The highest BCUT2D eigenvalue weighted by Crippen LogP contribution is 2.33. The number of aliphatic hydroxyl groups excluding tert-OH is 1. The van der Waals surface area contributed by atoms with Gasteiger partial charge in [-0.05, 0) is 36.4 Å². The standard InChI is InChI=1S/C29H24Cl3NO9/c30-29(31,32)28(33)42-27-23(41-26(37)19-14-8-3-9-15-19)21(34)22(40-25(36)18-12-6-2-7-13-18)20(39-27)16-38-24(35)17-10-4-1-5-11-17/h1-15,20-23,27,33-34H,16H2/t20-,21+,22-,23+,27?/m1/s1. The van der Waals surface area contributed by atoms with E-state index < -0.39 is 64.9 Å². The van der Waals surface area contributed by atoms with Crippen LogP contribution in [0.15, 0.2) is 91.0 Å². The number of aliphatic hydroxyl groups is 1. The van der Waals surface area contributed by atoms with Crippen molar-refractivity contribution < 1.29 is 43.2 Å². The first-order chi connectivity index (χ1) is 20.0. The minimum absolute atomic E-state index is 0.122. The molecular weight excluding hydrogens is 613 g/mol. The molecule has 1 saturated heterocycles. The molecule has 0 saturated carbocycles. The minimum atomic E-state index is -2.34. The number of hydrogen-bond acceptors (Lipinski definition) is 10. The van der Waals surface area contributed by atoms with Gasteiger partial charge in [-0.3, -0.25) is 5.41 Å². The van der Waals surface area contributed by atoms with Crippen LogP contribution in [0.1, 0.15) is 31.1 Å². The minimum Gasteiger partial charge on any atom is -0.459 e. The number of carbonyl (C=O) groups excluding carboxylic acids is 3. The van der Waals surface area contributed by atoms with Gasteiger partial charge in [0, 0.05) is 0 Å². The molecule has 2 N–H and O–H groups in total. The zero-order valence-corrected chi connectivity index (χ0v) is 23.9. The highest BCUT2D eigenvalue weighted by Gasteiger charge is 2.52. The molecule has 1 aliphatic heterocycles. The van der Waals surface area contributed by atoms with Crippen LogP contribution in [0.2, 0.25) is 0 Å². The second-order valence-electron chi connectivity index (χ2n) is 8.91. The fourth-order valence-electron chi connectivity index (χ4n) is 3.92. The highest BCUT2D eigenvalue weighted by molar-refractivity contribution is 6.76. The summed E-state index contributed by atoms with van der Waals surface area (Å²) in [7, 11) is 0. The molecule has 1 heterocycles. The zero-order valence-electron chi connectivity index (χ0n) is 21.6.